The van der Waals surface area contributed by atoms with Crippen molar-refractivity contribution in [1.82, 2.24) is 29.5 Å². The number of anilines is 2. The van der Waals surface area contributed by atoms with Crippen LogP contribution in [0.25, 0.3) is 33.5 Å². The lowest BCUT2D eigenvalue weighted by Crippen LogP contribution is -2.19. The first-order chi connectivity index (χ1) is 16.9. The molecule has 3 aromatic heterocycles. The van der Waals surface area contributed by atoms with Crippen molar-refractivity contribution >= 4 is 28.4 Å². The highest BCUT2D eigenvalue weighted by molar-refractivity contribution is 6.03. The van der Waals surface area contributed by atoms with Gasteiger partial charge in [-0.05, 0) is 44.7 Å². The van der Waals surface area contributed by atoms with Gasteiger partial charge in [0, 0.05) is 30.8 Å². The van der Waals surface area contributed by atoms with E-state index >= 15 is 0 Å². The molecule has 4 N–H and O–H groups in total. The van der Waals surface area contributed by atoms with Gasteiger partial charge >= 0.3 is 5.97 Å². The summed E-state index contributed by atoms with van der Waals surface area (Å²) in [5.41, 5.74) is 16.2. The van der Waals surface area contributed by atoms with E-state index in [0.717, 1.165) is 41.3 Å². The first kappa shape index (κ1) is 22.8. The molecule has 0 bridgehead atoms. The molecule has 11 heteroatoms. The van der Waals surface area contributed by atoms with Gasteiger partial charge in [-0.1, -0.05) is 6.07 Å². The third kappa shape index (κ3) is 3.97. The Hall–Kier alpha value is -3.99. The Bertz CT molecular complexity index is 1420. The lowest BCUT2D eigenvalue weighted by atomic mass is 9.99. The summed E-state index contributed by atoms with van der Waals surface area (Å²) in [7, 11) is 1.75. The van der Waals surface area contributed by atoms with Crippen LogP contribution in [-0.4, -0.2) is 48.7 Å². The number of hydrogen-bond acceptors (Lipinski definition) is 9. The quantitative estimate of drug-likeness (QED) is 0.414. The number of carbonyl (C=O) groups is 1. The lowest BCUT2D eigenvalue weighted by Gasteiger charge is -2.23. The van der Waals surface area contributed by atoms with Crippen molar-refractivity contribution in [2.45, 2.75) is 39.3 Å². The molecule has 1 saturated heterocycles. The summed E-state index contributed by atoms with van der Waals surface area (Å²) < 4.78 is 14.7. The summed E-state index contributed by atoms with van der Waals surface area (Å²) in [6.45, 7) is 4.59. The maximum absolute atomic E-state index is 12.8. The van der Waals surface area contributed by atoms with Crippen LogP contribution in [0.5, 0.6) is 0 Å². The molecule has 1 unspecified atom stereocenters. The average Bonchev–Trinajstić information content (AvgIpc) is 3.42. The molecule has 1 atom stereocenters. The zero-order chi connectivity index (χ0) is 24.7. The molecule has 1 fully saturated rings. The summed E-state index contributed by atoms with van der Waals surface area (Å²) in [6, 6.07) is 4.01. The van der Waals surface area contributed by atoms with Crippen LogP contribution < -0.4 is 11.5 Å². The Labute approximate surface area is 202 Å². The van der Waals surface area contributed by atoms with Crippen molar-refractivity contribution in [3.05, 3.63) is 35.8 Å². The molecule has 35 heavy (non-hydrogen) atoms. The molecule has 11 nitrogen and oxygen atoms in total. The Kier molecular flexibility index (Phi) is 5.85. The first-order valence-corrected chi connectivity index (χ1v) is 11.6. The predicted octanol–water partition coefficient (Wildman–Crippen LogP) is 3.24. The van der Waals surface area contributed by atoms with Crippen LogP contribution in [0.2, 0.25) is 0 Å². The number of carbonyl (C=O) groups excluding carboxylic acids is 1. The highest BCUT2D eigenvalue weighted by Gasteiger charge is 2.26. The van der Waals surface area contributed by atoms with Crippen LogP contribution in [0.3, 0.4) is 0 Å². The number of hydrogen-bond donors (Lipinski definition) is 2. The number of aryl methyl sites for hydroxylation is 2. The van der Waals surface area contributed by atoms with E-state index in [2.05, 4.69) is 15.2 Å². The second-order valence-electron chi connectivity index (χ2n) is 8.58. The van der Waals surface area contributed by atoms with Crippen LogP contribution in [0.4, 0.5) is 11.5 Å². The van der Waals surface area contributed by atoms with E-state index < -0.39 is 5.97 Å². The van der Waals surface area contributed by atoms with Crippen LogP contribution in [0.15, 0.2) is 24.5 Å². The van der Waals surface area contributed by atoms with Crippen molar-refractivity contribution in [3.63, 3.8) is 0 Å². The summed E-state index contributed by atoms with van der Waals surface area (Å²) in [5, 5.41) is 9.68. The van der Waals surface area contributed by atoms with Crippen molar-refractivity contribution in [2.75, 3.05) is 24.7 Å². The number of esters is 1. The monoisotopic (exact) mass is 476 g/mol. The van der Waals surface area contributed by atoms with Gasteiger partial charge in [0.2, 0.25) is 0 Å². The van der Waals surface area contributed by atoms with Gasteiger partial charge < -0.3 is 20.9 Å². The summed E-state index contributed by atoms with van der Waals surface area (Å²) in [5.74, 6) is -0.147. The molecule has 0 spiro atoms. The van der Waals surface area contributed by atoms with E-state index in [1.54, 1.807) is 31.0 Å². The third-order valence-electron chi connectivity index (χ3n) is 6.17. The molecule has 0 aliphatic carbocycles. The third-order valence-corrected chi connectivity index (χ3v) is 6.17. The summed E-state index contributed by atoms with van der Waals surface area (Å²) in [4.78, 5) is 22.0. The smallest absolute Gasteiger partial charge is 0.359 e. The maximum Gasteiger partial charge on any atom is 0.359 e. The SMILES string of the molecule is CCOC(=O)c1nc(-c2cn(C)nc2N)nc(-c2c(C)ccc3c2cnn3C2CCCCO2)c1N. The number of fused-ring (bicyclic) bond motifs is 1. The predicted molar refractivity (Wildman–Crippen MR) is 131 cm³/mol. The zero-order valence-electron chi connectivity index (χ0n) is 20.0. The van der Waals surface area contributed by atoms with Crippen molar-refractivity contribution < 1.29 is 14.3 Å². The first-order valence-electron chi connectivity index (χ1n) is 11.6. The second kappa shape index (κ2) is 8.99. The molecular formula is C24H28N8O3. The minimum Gasteiger partial charge on any atom is -0.461 e. The van der Waals surface area contributed by atoms with Gasteiger partial charge in [-0.25, -0.2) is 19.4 Å². The molecule has 182 valence electrons. The fourth-order valence-corrected chi connectivity index (χ4v) is 4.50. The fourth-order valence-electron chi connectivity index (χ4n) is 4.50. The lowest BCUT2D eigenvalue weighted by molar-refractivity contribution is -0.0366. The molecule has 1 aliphatic rings. The van der Waals surface area contributed by atoms with Crippen LogP contribution in [-0.2, 0) is 16.5 Å². The normalized spacial score (nSPS) is 16.0. The number of nitrogens with two attached hydrogens (primary N) is 2. The molecule has 1 aromatic carbocycles. The number of aromatic nitrogens is 6. The molecule has 0 radical (unpaired) electrons. The minimum absolute atomic E-state index is 0.0190. The number of benzene rings is 1. The highest BCUT2D eigenvalue weighted by Crippen LogP contribution is 2.38. The maximum atomic E-state index is 12.8. The Morgan fingerprint density at radius 2 is 2.09 bits per heavy atom. The van der Waals surface area contributed by atoms with Gasteiger partial charge in [-0.3, -0.25) is 4.68 Å². The van der Waals surface area contributed by atoms with Crippen molar-refractivity contribution in [1.29, 1.82) is 0 Å². The molecule has 4 aromatic rings. The summed E-state index contributed by atoms with van der Waals surface area (Å²) in [6.07, 6.45) is 6.40. The molecule has 0 amide bonds. The molecular weight excluding hydrogens is 448 g/mol. The van der Waals surface area contributed by atoms with Gasteiger partial charge in [0.05, 0.1) is 35.3 Å². The Morgan fingerprint density at radius 1 is 1.26 bits per heavy atom. The molecule has 4 heterocycles. The number of nitrogens with zero attached hydrogens (tertiary/aromatic N) is 6. The van der Waals surface area contributed by atoms with Gasteiger partial charge in [-0.15, -0.1) is 0 Å². The van der Waals surface area contributed by atoms with Crippen molar-refractivity contribution in [3.8, 4) is 22.6 Å². The van der Waals surface area contributed by atoms with Gasteiger partial charge in [0.1, 0.15) is 0 Å². The fraction of sp³-hybridized carbons (Fsp3) is 0.375. The van der Waals surface area contributed by atoms with Gasteiger partial charge in [-0.2, -0.15) is 10.2 Å². The summed E-state index contributed by atoms with van der Waals surface area (Å²) >= 11 is 0. The average molecular weight is 477 g/mol. The van der Waals surface area contributed by atoms with Gasteiger partial charge in [0.15, 0.2) is 23.6 Å². The van der Waals surface area contributed by atoms with E-state index in [9.17, 15) is 4.79 Å². The second-order valence-corrected chi connectivity index (χ2v) is 8.58. The Morgan fingerprint density at radius 3 is 2.77 bits per heavy atom. The molecule has 0 saturated carbocycles. The number of rotatable bonds is 5. The number of ether oxygens (including phenoxy) is 2. The molecule has 5 rings (SSSR count). The topological polar surface area (TPSA) is 149 Å². The standard InChI is InChI=1S/C24H28N8O3/c1-4-34-24(33)21-19(25)20(28-23(29-21)15-12-31(3)30-22(15)26)18-13(2)8-9-16-14(18)11-27-32(16)17-7-5-6-10-35-17/h8-9,11-12,17H,4-7,10,25H2,1-3H3,(H2,26,30). The van der Waals surface area contributed by atoms with Crippen LogP contribution >= 0.6 is 0 Å². The van der Waals surface area contributed by atoms with Crippen LogP contribution in [0.1, 0.15) is 48.5 Å². The highest BCUT2D eigenvalue weighted by atomic mass is 16.5. The van der Waals surface area contributed by atoms with Gasteiger partial charge in [0.25, 0.3) is 0 Å². The zero-order valence-corrected chi connectivity index (χ0v) is 20.0. The van der Waals surface area contributed by atoms with Crippen LogP contribution in [0, 0.1) is 6.92 Å². The Balaban J connectivity index is 1.75. The van der Waals surface area contributed by atoms with E-state index in [0.29, 0.717) is 17.9 Å². The van der Waals surface area contributed by atoms with E-state index in [1.165, 1.54) is 0 Å². The molecule has 1 aliphatic heterocycles. The van der Waals surface area contributed by atoms with E-state index in [4.69, 9.17) is 25.9 Å². The van der Waals surface area contributed by atoms with E-state index in [1.807, 2.05) is 23.7 Å². The number of nitrogen functional groups attached to an aromatic ring is 2. The van der Waals surface area contributed by atoms with E-state index in [-0.39, 0.29) is 35.9 Å². The minimum atomic E-state index is -0.631. The largest absolute Gasteiger partial charge is 0.461 e. The van der Waals surface area contributed by atoms with Crippen molar-refractivity contribution in [2.24, 2.45) is 7.05 Å².